The first kappa shape index (κ1) is 15.2. The first-order chi connectivity index (χ1) is 8.52. The maximum Gasteiger partial charge on any atom is 0.316 e. The first-order valence-corrected chi connectivity index (χ1v) is 7.01. The molecule has 0 radical (unpaired) electrons. The molecule has 4 nitrogen and oxygen atoms in total. The molecule has 18 heavy (non-hydrogen) atoms. The Morgan fingerprint density at radius 1 is 1.50 bits per heavy atom. The van der Waals surface area contributed by atoms with Crippen molar-refractivity contribution in [3.05, 3.63) is 10.2 Å². The number of hydrogen-bond donors (Lipinski definition) is 1. The number of allylic oxidation sites excluding steroid dienone is 1. The van der Waals surface area contributed by atoms with Crippen LogP contribution in [0.3, 0.4) is 0 Å². The molecule has 0 aromatic rings. The number of halogens is 1. The van der Waals surface area contributed by atoms with Crippen molar-refractivity contribution in [2.75, 3.05) is 7.11 Å². The number of carbonyl (C=O) groups excluding carboxylic acids is 2. The van der Waals surface area contributed by atoms with Gasteiger partial charge in [-0.2, -0.15) is 0 Å². The van der Waals surface area contributed by atoms with Crippen LogP contribution in [0.25, 0.3) is 0 Å². The number of hydrogen-bond acceptors (Lipinski definition) is 4. The summed E-state index contributed by atoms with van der Waals surface area (Å²) in [5.41, 5.74) is 0. The summed E-state index contributed by atoms with van der Waals surface area (Å²) < 4.78 is 4.83. The molecule has 0 saturated heterocycles. The maximum absolute atomic E-state index is 11.7. The fraction of sp³-hybridized carbons (Fsp3) is 0.692. The molecule has 102 valence electrons. The van der Waals surface area contributed by atoms with Gasteiger partial charge < -0.3 is 9.84 Å². The standard InChI is InChI=1S/C13H19BrO4/c1-3-4-5-6-8-7-9(15)11(14)12(16)10(8)13(17)18-2/h8,10,16H,3-7H2,1-2H3/t8-,10-/m1/s1. The van der Waals surface area contributed by atoms with E-state index in [0.29, 0.717) is 0 Å². The molecule has 1 rings (SSSR count). The van der Waals surface area contributed by atoms with E-state index < -0.39 is 11.9 Å². The molecule has 0 heterocycles. The van der Waals surface area contributed by atoms with Crippen molar-refractivity contribution in [2.24, 2.45) is 11.8 Å². The lowest BCUT2D eigenvalue weighted by Crippen LogP contribution is -2.33. The lowest BCUT2D eigenvalue weighted by Gasteiger charge is -2.28. The average molecular weight is 319 g/mol. The Morgan fingerprint density at radius 3 is 2.72 bits per heavy atom. The minimum atomic E-state index is -0.709. The summed E-state index contributed by atoms with van der Waals surface area (Å²) in [6.07, 6.45) is 4.13. The van der Waals surface area contributed by atoms with Gasteiger partial charge >= 0.3 is 5.97 Å². The van der Waals surface area contributed by atoms with E-state index in [1.807, 2.05) is 0 Å². The van der Waals surface area contributed by atoms with E-state index in [9.17, 15) is 14.7 Å². The molecule has 0 amide bonds. The van der Waals surface area contributed by atoms with Crippen LogP contribution in [0.1, 0.15) is 39.0 Å². The molecule has 0 bridgehead atoms. The van der Waals surface area contributed by atoms with Crippen molar-refractivity contribution >= 4 is 27.7 Å². The van der Waals surface area contributed by atoms with Crippen LogP contribution in [-0.4, -0.2) is 24.0 Å². The van der Waals surface area contributed by atoms with Gasteiger partial charge in [-0.15, -0.1) is 0 Å². The zero-order chi connectivity index (χ0) is 13.7. The third-order valence-corrected chi connectivity index (χ3v) is 4.17. The molecule has 0 unspecified atom stereocenters. The van der Waals surface area contributed by atoms with Gasteiger partial charge in [-0.1, -0.05) is 26.2 Å². The minimum absolute atomic E-state index is 0.115. The highest BCUT2D eigenvalue weighted by Crippen LogP contribution is 2.37. The third kappa shape index (κ3) is 3.34. The Labute approximate surface area is 116 Å². The van der Waals surface area contributed by atoms with Crippen LogP contribution >= 0.6 is 15.9 Å². The third-order valence-electron chi connectivity index (χ3n) is 3.32. The number of ketones is 1. The Morgan fingerprint density at radius 2 is 2.17 bits per heavy atom. The van der Waals surface area contributed by atoms with Crippen molar-refractivity contribution in [3.63, 3.8) is 0 Å². The van der Waals surface area contributed by atoms with Gasteiger partial charge in [-0.05, 0) is 28.3 Å². The molecule has 1 aliphatic carbocycles. The summed E-state index contributed by atoms with van der Waals surface area (Å²) in [6, 6.07) is 0. The average Bonchev–Trinajstić information content (AvgIpc) is 2.36. The van der Waals surface area contributed by atoms with Gasteiger partial charge in [0.05, 0.1) is 11.6 Å². The Hall–Kier alpha value is -0.840. The molecule has 5 heteroatoms. The van der Waals surface area contributed by atoms with Gasteiger partial charge in [0.25, 0.3) is 0 Å². The highest BCUT2D eigenvalue weighted by Gasteiger charge is 2.40. The van der Waals surface area contributed by atoms with Crippen LogP contribution in [-0.2, 0) is 14.3 Å². The number of aliphatic hydroxyl groups is 1. The Kier molecular flexibility index (Phi) is 5.85. The van der Waals surface area contributed by atoms with E-state index in [1.165, 1.54) is 7.11 Å². The second-order valence-corrected chi connectivity index (χ2v) is 5.38. The van der Waals surface area contributed by atoms with Gasteiger partial charge in [0.2, 0.25) is 0 Å². The quantitative estimate of drug-likeness (QED) is 0.625. The number of esters is 1. The zero-order valence-corrected chi connectivity index (χ0v) is 12.3. The van der Waals surface area contributed by atoms with Crippen molar-refractivity contribution in [1.82, 2.24) is 0 Å². The van der Waals surface area contributed by atoms with Crippen molar-refractivity contribution in [1.29, 1.82) is 0 Å². The van der Waals surface area contributed by atoms with Crippen LogP contribution in [0.5, 0.6) is 0 Å². The van der Waals surface area contributed by atoms with Crippen molar-refractivity contribution in [3.8, 4) is 0 Å². The maximum atomic E-state index is 11.7. The summed E-state index contributed by atoms with van der Waals surface area (Å²) in [4.78, 5) is 23.4. The topological polar surface area (TPSA) is 63.6 Å². The van der Waals surface area contributed by atoms with Crippen molar-refractivity contribution < 1.29 is 19.4 Å². The molecule has 1 aliphatic rings. The molecule has 0 fully saturated rings. The largest absolute Gasteiger partial charge is 0.510 e. The molecule has 0 spiro atoms. The number of rotatable bonds is 5. The van der Waals surface area contributed by atoms with E-state index in [0.717, 1.165) is 25.7 Å². The molecule has 0 aromatic carbocycles. The van der Waals surface area contributed by atoms with Crippen LogP contribution in [0, 0.1) is 11.8 Å². The lowest BCUT2D eigenvalue weighted by molar-refractivity contribution is -0.147. The van der Waals surface area contributed by atoms with Gasteiger partial charge in [-0.3, -0.25) is 9.59 Å². The number of Topliss-reactive ketones (excluding diaryl/α,β-unsaturated/α-hetero) is 1. The summed E-state index contributed by atoms with van der Waals surface area (Å²) in [5.74, 6) is -1.66. The molecule has 0 aliphatic heterocycles. The van der Waals surface area contributed by atoms with Crippen LogP contribution in [0.4, 0.5) is 0 Å². The minimum Gasteiger partial charge on any atom is -0.510 e. The van der Waals surface area contributed by atoms with Crippen LogP contribution in [0.2, 0.25) is 0 Å². The van der Waals surface area contributed by atoms with Crippen molar-refractivity contribution in [2.45, 2.75) is 39.0 Å². The SMILES string of the molecule is CCCCC[C@@H]1CC(=O)C(Br)=C(O)[C@@H]1C(=O)OC. The number of ether oxygens (including phenoxy) is 1. The molecular formula is C13H19BrO4. The molecule has 0 aromatic heterocycles. The van der Waals surface area contributed by atoms with Gasteiger partial charge in [-0.25, -0.2) is 0 Å². The highest BCUT2D eigenvalue weighted by atomic mass is 79.9. The second-order valence-electron chi connectivity index (χ2n) is 4.58. The van der Waals surface area contributed by atoms with Gasteiger partial charge in [0.15, 0.2) is 5.78 Å². The smallest absolute Gasteiger partial charge is 0.316 e. The van der Waals surface area contributed by atoms with Gasteiger partial charge in [0, 0.05) is 6.42 Å². The molecular weight excluding hydrogens is 300 g/mol. The Bertz CT molecular complexity index is 362. The van der Waals surface area contributed by atoms with Crippen LogP contribution < -0.4 is 0 Å². The van der Waals surface area contributed by atoms with Crippen LogP contribution in [0.15, 0.2) is 10.2 Å². The van der Waals surface area contributed by atoms with E-state index in [-0.39, 0.29) is 28.4 Å². The van der Waals surface area contributed by atoms with E-state index in [1.54, 1.807) is 0 Å². The molecule has 2 atom stereocenters. The number of methoxy groups -OCH3 is 1. The lowest BCUT2D eigenvalue weighted by atomic mass is 9.79. The van der Waals surface area contributed by atoms with Gasteiger partial charge in [0.1, 0.15) is 11.7 Å². The molecule has 0 saturated carbocycles. The molecule has 1 N–H and O–H groups in total. The number of carbonyl (C=O) groups is 2. The van der Waals surface area contributed by atoms with E-state index in [2.05, 4.69) is 22.9 Å². The highest BCUT2D eigenvalue weighted by molar-refractivity contribution is 9.12. The Balaban J connectivity index is 2.87. The zero-order valence-electron chi connectivity index (χ0n) is 10.7. The fourth-order valence-electron chi connectivity index (χ4n) is 2.30. The predicted molar refractivity (Wildman–Crippen MR) is 71.3 cm³/mol. The first-order valence-electron chi connectivity index (χ1n) is 6.22. The number of unbranched alkanes of at least 4 members (excludes halogenated alkanes) is 2. The van der Waals surface area contributed by atoms with E-state index in [4.69, 9.17) is 4.74 Å². The monoisotopic (exact) mass is 318 g/mol. The summed E-state index contributed by atoms with van der Waals surface area (Å²) in [6.45, 7) is 2.10. The fourth-order valence-corrected chi connectivity index (χ4v) is 2.71. The second kappa shape index (κ2) is 6.92. The number of aliphatic hydroxyl groups excluding tert-OH is 1. The summed E-state index contributed by atoms with van der Waals surface area (Å²) in [5, 5.41) is 9.95. The predicted octanol–water partition coefficient (Wildman–Crippen LogP) is 3.11. The normalized spacial score (nSPS) is 24.3. The summed E-state index contributed by atoms with van der Waals surface area (Å²) >= 11 is 3.04. The van der Waals surface area contributed by atoms with E-state index >= 15 is 0 Å². The summed E-state index contributed by atoms with van der Waals surface area (Å²) in [7, 11) is 1.29.